The van der Waals surface area contributed by atoms with E-state index in [4.69, 9.17) is 4.74 Å². The van der Waals surface area contributed by atoms with E-state index in [1.165, 1.54) is 0 Å². The van der Waals surface area contributed by atoms with Crippen LogP contribution in [0.5, 0.6) is 0 Å². The van der Waals surface area contributed by atoms with E-state index in [-0.39, 0.29) is 11.8 Å². The van der Waals surface area contributed by atoms with Gasteiger partial charge in [0.05, 0.1) is 0 Å². The average molecular weight is 302 g/mol. The molecule has 3 heteroatoms. The number of hydrogen-bond donors (Lipinski definition) is 0. The third-order valence-electron chi connectivity index (χ3n) is 6.39. The van der Waals surface area contributed by atoms with Gasteiger partial charge in [-0.15, -0.1) is 6.58 Å². The van der Waals surface area contributed by atoms with Crippen LogP contribution in [0.15, 0.2) is 36.6 Å². The third kappa shape index (κ3) is 1.81. The van der Waals surface area contributed by atoms with Crippen molar-refractivity contribution in [3.63, 3.8) is 0 Å². The topological polar surface area (TPSA) is 43.4 Å². The Morgan fingerprint density at radius 3 is 2.32 bits per heavy atom. The van der Waals surface area contributed by atoms with E-state index < -0.39 is 22.2 Å². The summed E-state index contributed by atoms with van der Waals surface area (Å²) in [6, 6.07) is 0. The van der Waals surface area contributed by atoms with Crippen LogP contribution in [0.1, 0.15) is 41.0 Å². The van der Waals surface area contributed by atoms with E-state index in [1.807, 2.05) is 46.8 Å². The van der Waals surface area contributed by atoms with Gasteiger partial charge in [-0.3, -0.25) is 4.79 Å². The lowest BCUT2D eigenvalue weighted by atomic mass is 9.89. The first-order chi connectivity index (χ1) is 10.1. The number of carbonyl (C=O) groups excluding carboxylic acids is 2. The molecule has 0 bridgehead atoms. The van der Waals surface area contributed by atoms with E-state index in [2.05, 4.69) is 13.2 Å². The lowest BCUT2D eigenvalue weighted by Crippen LogP contribution is -2.29. The highest BCUT2D eigenvalue weighted by molar-refractivity contribution is 6.01. The fourth-order valence-corrected chi connectivity index (χ4v) is 3.96. The Morgan fingerprint density at radius 2 is 1.91 bits per heavy atom. The van der Waals surface area contributed by atoms with Crippen molar-refractivity contribution in [3.05, 3.63) is 36.6 Å². The molecular formula is C19H26O3. The molecule has 3 nitrogen and oxygen atoms in total. The molecule has 2 atom stereocenters. The van der Waals surface area contributed by atoms with Crippen LogP contribution in [0.3, 0.4) is 0 Å². The molecule has 22 heavy (non-hydrogen) atoms. The van der Waals surface area contributed by atoms with Gasteiger partial charge < -0.3 is 9.53 Å². The molecule has 0 spiro atoms. The lowest BCUT2D eigenvalue weighted by molar-refractivity contribution is -0.150. The number of ether oxygens (including phenoxy) is 1. The minimum absolute atomic E-state index is 0.0323. The molecule has 120 valence electrons. The average Bonchev–Trinajstić information content (AvgIpc) is 2.69. The van der Waals surface area contributed by atoms with Crippen LogP contribution < -0.4 is 0 Å². The summed E-state index contributed by atoms with van der Waals surface area (Å²) in [4.78, 5) is 24.5. The first kappa shape index (κ1) is 16.7. The maximum atomic E-state index is 12.8. The largest absolute Gasteiger partial charge is 0.430 e. The predicted octanol–water partition coefficient (Wildman–Crippen LogP) is 4.06. The normalized spacial score (nSPS) is 28.5. The van der Waals surface area contributed by atoms with Crippen LogP contribution in [0.4, 0.5) is 0 Å². The second kappa shape index (κ2) is 4.94. The zero-order valence-corrected chi connectivity index (χ0v) is 14.2. The summed E-state index contributed by atoms with van der Waals surface area (Å²) >= 11 is 0. The number of hydrogen-bond acceptors (Lipinski definition) is 3. The number of allylic oxidation sites excluding steroid dienone is 3. The van der Waals surface area contributed by atoms with E-state index in [0.29, 0.717) is 12.2 Å². The van der Waals surface area contributed by atoms with Gasteiger partial charge in [0.1, 0.15) is 17.5 Å². The summed E-state index contributed by atoms with van der Waals surface area (Å²) in [6.07, 6.45) is 5.20. The molecule has 0 aromatic rings. The molecule has 1 fully saturated rings. The molecule has 1 saturated carbocycles. The highest BCUT2D eigenvalue weighted by Crippen LogP contribution is 2.77. The van der Waals surface area contributed by atoms with Gasteiger partial charge in [0.25, 0.3) is 0 Å². The van der Waals surface area contributed by atoms with Gasteiger partial charge in [0.15, 0.2) is 0 Å². The molecule has 2 aliphatic rings. The van der Waals surface area contributed by atoms with Crippen LogP contribution in [0, 0.1) is 28.1 Å². The molecule has 2 unspecified atom stereocenters. The predicted molar refractivity (Wildman–Crippen MR) is 86.8 cm³/mol. The van der Waals surface area contributed by atoms with Gasteiger partial charge in [-0.05, 0) is 29.2 Å². The van der Waals surface area contributed by atoms with Crippen molar-refractivity contribution in [2.45, 2.75) is 41.0 Å². The Labute approximate surface area is 133 Å². The van der Waals surface area contributed by atoms with Gasteiger partial charge in [-0.25, -0.2) is 0 Å². The summed E-state index contributed by atoms with van der Waals surface area (Å²) in [5.41, 5.74) is -0.875. The highest BCUT2D eigenvalue weighted by Gasteiger charge is 2.82. The van der Waals surface area contributed by atoms with Crippen molar-refractivity contribution in [3.8, 4) is 0 Å². The maximum Gasteiger partial charge on any atom is 0.325 e. The summed E-state index contributed by atoms with van der Waals surface area (Å²) in [7, 11) is 0. The summed E-state index contributed by atoms with van der Waals surface area (Å²) in [5, 5.41) is 0. The molecule has 0 aliphatic heterocycles. The summed E-state index contributed by atoms with van der Waals surface area (Å²) in [5.74, 6) is 0.276. The lowest BCUT2D eigenvalue weighted by Gasteiger charge is -2.22. The molecule has 2 aliphatic carbocycles. The first-order valence-corrected chi connectivity index (χ1v) is 7.77. The smallest absolute Gasteiger partial charge is 0.325 e. The molecule has 0 amide bonds. The molecule has 2 rings (SSSR count). The monoisotopic (exact) mass is 302 g/mol. The number of carbonyl (C=O) groups is 2. The van der Waals surface area contributed by atoms with Crippen LogP contribution in [-0.4, -0.2) is 12.3 Å². The number of esters is 1. The Hall–Kier alpha value is -1.64. The summed E-state index contributed by atoms with van der Waals surface area (Å²) < 4.78 is 5.69. The van der Waals surface area contributed by atoms with Gasteiger partial charge >= 0.3 is 5.97 Å². The molecule has 0 radical (unpaired) electrons. The zero-order chi connectivity index (χ0) is 16.9. The fourth-order valence-electron chi connectivity index (χ4n) is 3.96. The highest BCUT2D eigenvalue weighted by atomic mass is 16.5. The fraction of sp³-hybridized carbons (Fsp3) is 0.579. The Morgan fingerprint density at radius 1 is 1.36 bits per heavy atom. The van der Waals surface area contributed by atoms with Crippen molar-refractivity contribution >= 4 is 12.3 Å². The molecule has 0 aromatic heterocycles. The van der Waals surface area contributed by atoms with Gasteiger partial charge in [0.2, 0.25) is 0 Å². The Balaban J connectivity index is 2.25. The van der Waals surface area contributed by atoms with Crippen LogP contribution in [0.2, 0.25) is 0 Å². The quantitative estimate of drug-likeness (QED) is 0.333. The molecule has 0 saturated heterocycles. The number of rotatable bonds is 5. The first-order valence-electron chi connectivity index (χ1n) is 7.77. The van der Waals surface area contributed by atoms with Crippen LogP contribution >= 0.6 is 0 Å². The van der Waals surface area contributed by atoms with Gasteiger partial charge in [-0.1, -0.05) is 52.8 Å². The van der Waals surface area contributed by atoms with Crippen molar-refractivity contribution in [1.29, 1.82) is 0 Å². The minimum atomic E-state index is -1.08. The third-order valence-corrected chi connectivity index (χ3v) is 6.39. The van der Waals surface area contributed by atoms with Crippen LogP contribution in [-0.2, 0) is 14.3 Å². The maximum absolute atomic E-state index is 12.8. The van der Waals surface area contributed by atoms with Crippen molar-refractivity contribution in [1.82, 2.24) is 0 Å². The molecular weight excluding hydrogens is 276 g/mol. The van der Waals surface area contributed by atoms with E-state index >= 15 is 0 Å². The van der Waals surface area contributed by atoms with Crippen molar-refractivity contribution < 1.29 is 14.3 Å². The Bertz CT molecular complexity index is 563. The van der Waals surface area contributed by atoms with E-state index in [9.17, 15) is 9.59 Å². The van der Waals surface area contributed by atoms with E-state index in [1.54, 1.807) is 0 Å². The second-order valence-electron chi connectivity index (χ2n) is 7.61. The van der Waals surface area contributed by atoms with Crippen molar-refractivity contribution in [2.24, 2.45) is 28.1 Å². The van der Waals surface area contributed by atoms with Crippen molar-refractivity contribution in [2.75, 3.05) is 0 Å². The van der Waals surface area contributed by atoms with E-state index in [0.717, 1.165) is 11.9 Å². The molecule has 0 aromatic carbocycles. The Kier molecular flexibility index (Phi) is 3.75. The molecule has 0 N–H and O–H groups in total. The SMILES string of the molecule is C=CC(C)C1C(=C)CC=C1OC(=O)C1(C=O)C(C)(C)C1(C)C. The van der Waals surface area contributed by atoms with Crippen LogP contribution in [0.25, 0.3) is 0 Å². The zero-order valence-electron chi connectivity index (χ0n) is 14.2. The summed E-state index contributed by atoms with van der Waals surface area (Å²) in [6.45, 7) is 17.6. The standard InChI is InChI=1S/C19H26O3/c1-8-12(2)15-13(3)9-10-14(15)22-16(21)19(11-20)17(4,5)18(19,6)7/h8,10-12,15H,1,3,9H2,2,4-7H3. The molecule has 0 heterocycles. The minimum Gasteiger partial charge on any atom is -0.430 e. The second-order valence-corrected chi connectivity index (χ2v) is 7.61. The van der Waals surface area contributed by atoms with Gasteiger partial charge in [0, 0.05) is 5.92 Å². The van der Waals surface area contributed by atoms with Gasteiger partial charge in [-0.2, -0.15) is 0 Å². The number of aldehydes is 1.